The summed E-state index contributed by atoms with van der Waals surface area (Å²) in [6.07, 6.45) is 0. The summed E-state index contributed by atoms with van der Waals surface area (Å²) in [6.45, 7) is 1.63. The standard InChI is InChI=1S/C21H19FN4O3S3/c1-12-8-9-13(10-18(12)32(28,29)25-15-7-5-4-6-14(15)22)23-19(27)16-11-17-20(30-16)24-21(31-17)26(2)3/h4-11,25H,1-3H3,(H,23,27). The van der Waals surface area contributed by atoms with Gasteiger partial charge >= 0.3 is 0 Å². The fourth-order valence-electron chi connectivity index (χ4n) is 2.93. The molecule has 0 fully saturated rings. The number of thiophene rings is 1. The van der Waals surface area contributed by atoms with Gasteiger partial charge in [-0.15, -0.1) is 11.3 Å². The molecule has 2 aromatic carbocycles. The fraction of sp³-hybridized carbons (Fsp3) is 0.143. The lowest BCUT2D eigenvalue weighted by atomic mass is 10.2. The number of hydrogen-bond donors (Lipinski definition) is 2. The monoisotopic (exact) mass is 490 g/mol. The number of anilines is 3. The Kier molecular flexibility index (Phi) is 5.89. The van der Waals surface area contributed by atoms with Crippen LogP contribution < -0.4 is 14.9 Å². The van der Waals surface area contributed by atoms with Gasteiger partial charge in [0.2, 0.25) is 0 Å². The van der Waals surface area contributed by atoms with Gasteiger partial charge in [-0.05, 0) is 42.8 Å². The molecule has 0 aliphatic carbocycles. The van der Waals surface area contributed by atoms with Crippen LogP contribution in [0.4, 0.5) is 20.9 Å². The van der Waals surface area contributed by atoms with E-state index in [-0.39, 0.29) is 16.5 Å². The molecule has 32 heavy (non-hydrogen) atoms. The van der Waals surface area contributed by atoms with Crippen LogP contribution in [0.25, 0.3) is 9.53 Å². The second-order valence-electron chi connectivity index (χ2n) is 7.19. The minimum Gasteiger partial charge on any atom is -0.354 e. The second-order valence-corrected chi connectivity index (χ2v) is 10.9. The van der Waals surface area contributed by atoms with Gasteiger partial charge in [-0.2, -0.15) is 0 Å². The zero-order chi connectivity index (χ0) is 23.0. The highest BCUT2D eigenvalue weighted by molar-refractivity contribution is 7.92. The lowest BCUT2D eigenvalue weighted by Crippen LogP contribution is -2.16. The number of para-hydroxylation sites is 1. The van der Waals surface area contributed by atoms with Crippen molar-refractivity contribution in [3.05, 3.63) is 64.8 Å². The SMILES string of the molecule is Cc1ccc(NC(=O)c2cc3sc(N(C)C)nc3s2)cc1S(=O)(=O)Nc1ccccc1F. The molecular formula is C21H19FN4O3S3. The highest BCUT2D eigenvalue weighted by Crippen LogP contribution is 2.34. The molecule has 1 amide bonds. The van der Waals surface area contributed by atoms with E-state index in [9.17, 15) is 17.6 Å². The normalized spacial score (nSPS) is 11.5. The molecule has 2 aromatic heterocycles. The zero-order valence-electron chi connectivity index (χ0n) is 17.3. The molecule has 166 valence electrons. The van der Waals surface area contributed by atoms with Gasteiger partial charge in [0.15, 0.2) is 5.13 Å². The third-order valence-corrected chi connectivity index (χ3v) is 8.37. The van der Waals surface area contributed by atoms with Crippen LogP contribution in [0.3, 0.4) is 0 Å². The molecular weight excluding hydrogens is 471 g/mol. The number of carbonyl (C=O) groups excluding carboxylic acids is 1. The van der Waals surface area contributed by atoms with Crippen LogP contribution in [0.5, 0.6) is 0 Å². The molecule has 0 radical (unpaired) electrons. The van der Waals surface area contributed by atoms with Crippen LogP contribution in [0.1, 0.15) is 15.2 Å². The summed E-state index contributed by atoms with van der Waals surface area (Å²) in [5, 5.41) is 3.59. The molecule has 7 nitrogen and oxygen atoms in total. The van der Waals surface area contributed by atoms with E-state index in [4.69, 9.17) is 0 Å². The third kappa shape index (κ3) is 4.45. The van der Waals surface area contributed by atoms with E-state index in [0.29, 0.717) is 16.1 Å². The number of nitrogens with one attached hydrogen (secondary N) is 2. The Bertz CT molecular complexity index is 1400. The minimum atomic E-state index is -4.07. The van der Waals surface area contributed by atoms with Gasteiger partial charge in [0, 0.05) is 19.8 Å². The summed E-state index contributed by atoms with van der Waals surface area (Å²) >= 11 is 2.75. The van der Waals surface area contributed by atoms with Crippen molar-refractivity contribution in [2.24, 2.45) is 0 Å². The summed E-state index contributed by atoms with van der Waals surface area (Å²) < 4.78 is 42.8. The highest BCUT2D eigenvalue weighted by Gasteiger charge is 2.20. The lowest BCUT2D eigenvalue weighted by molar-refractivity contribution is 0.103. The van der Waals surface area contributed by atoms with Crippen molar-refractivity contribution in [3.8, 4) is 0 Å². The van der Waals surface area contributed by atoms with Crippen LogP contribution in [-0.4, -0.2) is 33.4 Å². The van der Waals surface area contributed by atoms with Crippen LogP contribution in [0.2, 0.25) is 0 Å². The Balaban J connectivity index is 1.57. The number of aromatic nitrogens is 1. The molecule has 0 bridgehead atoms. The Morgan fingerprint density at radius 1 is 1.09 bits per heavy atom. The van der Waals surface area contributed by atoms with Crippen molar-refractivity contribution in [1.29, 1.82) is 0 Å². The lowest BCUT2D eigenvalue weighted by Gasteiger charge is -2.13. The Morgan fingerprint density at radius 2 is 1.84 bits per heavy atom. The molecule has 2 heterocycles. The maximum atomic E-state index is 13.9. The first-order chi connectivity index (χ1) is 15.1. The largest absolute Gasteiger partial charge is 0.354 e. The first kappa shape index (κ1) is 22.2. The number of thiazole rings is 1. The summed E-state index contributed by atoms with van der Waals surface area (Å²) in [6, 6.07) is 11.8. The maximum absolute atomic E-state index is 13.9. The Morgan fingerprint density at radius 3 is 2.53 bits per heavy atom. The van der Waals surface area contributed by atoms with E-state index in [1.807, 2.05) is 19.0 Å². The molecule has 0 saturated carbocycles. The van der Waals surface area contributed by atoms with Gasteiger partial charge in [-0.1, -0.05) is 29.5 Å². The van der Waals surface area contributed by atoms with Crippen molar-refractivity contribution in [2.75, 3.05) is 29.0 Å². The first-order valence-corrected chi connectivity index (χ1v) is 12.5. The number of fused-ring (bicyclic) bond motifs is 1. The number of carbonyl (C=O) groups is 1. The number of nitrogens with zero attached hydrogens (tertiary/aromatic N) is 2. The van der Waals surface area contributed by atoms with Crippen molar-refractivity contribution < 1.29 is 17.6 Å². The molecule has 0 atom stereocenters. The van der Waals surface area contributed by atoms with Crippen molar-refractivity contribution in [1.82, 2.24) is 4.98 Å². The van der Waals surface area contributed by atoms with Gasteiger partial charge in [0.1, 0.15) is 10.6 Å². The van der Waals surface area contributed by atoms with E-state index in [0.717, 1.165) is 14.7 Å². The summed E-state index contributed by atoms with van der Waals surface area (Å²) in [5.74, 6) is -1.04. The number of hydrogen-bond acceptors (Lipinski definition) is 7. The van der Waals surface area contributed by atoms with E-state index in [2.05, 4.69) is 15.0 Å². The van der Waals surface area contributed by atoms with Gasteiger partial charge in [0.05, 0.1) is 20.2 Å². The van der Waals surface area contributed by atoms with E-state index < -0.39 is 15.8 Å². The second kappa shape index (κ2) is 8.49. The van der Waals surface area contributed by atoms with Gasteiger partial charge in [-0.3, -0.25) is 9.52 Å². The van der Waals surface area contributed by atoms with E-state index in [1.54, 1.807) is 25.1 Å². The molecule has 4 aromatic rings. The highest BCUT2D eigenvalue weighted by atomic mass is 32.2. The molecule has 0 spiro atoms. The number of amides is 1. The van der Waals surface area contributed by atoms with E-state index in [1.165, 1.54) is 53.0 Å². The average molecular weight is 491 g/mol. The van der Waals surface area contributed by atoms with Crippen LogP contribution >= 0.6 is 22.7 Å². The molecule has 4 rings (SSSR count). The topological polar surface area (TPSA) is 91.4 Å². The third-order valence-electron chi connectivity index (χ3n) is 4.54. The molecule has 0 saturated heterocycles. The molecule has 0 aliphatic rings. The zero-order valence-corrected chi connectivity index (χ0v) is 19.8. The summed E-state index contributed by atoms with van der Waals surface area (Å²) in [7, 11) is -0.260. The molecule has 0 unspecified atom stereocenters. The summed E-state index contributed by atoms with van der Waals surface area (Å²) in [4.78, 5) is 20.3. The van der Waals surface area contributed by atoms with Crippen LogP contribution in [0, 0.1) is 12.7 Å². The van der Waals surface area contributed by atoms with Crippen molar-refractivity contribution >= 4 is 64.6 Å². The minimum absolute atomic E-state index is 0.0528. The number of benzene rings is 2. The summed E-state index contributed by atoms with van der Waals surface area (Å²) in [5.41, 5.74) is 0.627. The number of aryl methyl sites for hydroxylation is 1. The number of halogens is 1. The van der Waals surface area contributed by atoms with E-state index >= 15 is 0 Å². The predicted molar refractivity (Wildman–Crippen MR) is 128 cm³/mol. The Labute approximate surface area is 192 Å². The maximum Gasteiger partial charge on any atom is 0.265 e. The smallest absolute Gasteiger partial charge is 0.265 e. The van der Waals surface area contributed by atoms with Crippen LogP contribution in [0.15, 0.2) is 53.4 Å². The van der Waals surface area contributed by atoms with Crippen LogP contribution in [-0.2, 0) is 10.0 Å². The van der Waals surface area contributed by atoms with Gasteiger partial charge < -0.3 is 10.2 Å². The number of sulfonamides is 1. The predicted octanol–water partition coefficient (Wildman–Crippen LogP) is 4.92. The van der Waals surface area contributed by atoms with Gasteiger partial charge in [-0.25, -0.2) is 17.8 Å². The first-order valence-electron chi connectivity index (χ1n) is 9.41. The van der Waals surface area contributed by atoms with Crippen molar-refractivity contribution in [3.63, 3.8) is 0 Å². The van der Waals surface area contributed by atoms with Gasteiger partial charge in [0.25, 0.3) is 15.9 Å². The average Bonchev–Trinajstić information content (AvgIpc) is 3.30. The fourth-order valence-corrected chi connectivity index (χ4v) is 6.30. The quantitative estimate of drug-likeness (QED) is 0.400. The molecule has 0 aliphatic heterocycles. The molecule has 11 heteroatoms. The van der Waals surface area contributed by atoms with Crippen molar-refractivity contribution in [2.45, 2.75) is 11.8 Å². The Hall–Kier alpha value is -3.02. The number of rotatable bonds is 6. The molecule has 2 N–H and O–H groups in total.